The molecule has 3 heteroatoms. The van der Waals surface area contributed by atoms with E-state index in [1.54, 1.807) is 11.7 Å². The molecule has 0 spiro atoms. The average molecular weight is 293 g/mol. The largest absolute Gasteiger partial charge is 0.497 e. The summed E-state index contributed by atoms with van der Waals surface area (Å²) in [5.41, 5.74) is 3.09. The van der Waals surface area contributed by atoms with E-state index in [1.807, 2.05) is 49.4 Å². The van der Waals surface area contributed by atoms with Crippen molar-refractivity contribution in [1.29, 1.82) is 0 Å². The van der Waals surface area contributed by atoms with Crippen LogP contribution in [0.5, 0.6) is 5.75 Å². The minimum atomic E-state index is 0.126. The molecule has 3 aromatic rings. The molecule has 1 aromatic heterocycles. The first kappa shape index (κ1) is 14.4. The van der Waals surface area contributed by atoms with Crippen LogP contribution in [0.1, 0.15) is 22.5 Å². The molecule has 0 aliphatic heterocycles. The van der Waals surface area contributed by atoms with Crippen LogP contribution in [0.25, 0.3) is 10.9 Å². The number of carbonyl (C=O) groups is 1. The van der Waals surface area contributed by atoms with Gasteiger partial charge in [0, 0.05) is 17.5 Å². The van der Waals surface area contributed by atoms with Crippen LogP contribution in [-0.2, 0) is 6.42 Å². The lowest BCUT2D eigenvalue weighted by Crippen LogP contribution is -2.12. The van der Waals surface area contributed by atoms with Crippen molar-refractivity contribution in [3.05, 3.63) is 65.9 Å². The Labute approximate surface area is 130 Å². The van der Waals surface area contributed by atoms with Gasteiger partial charge in [-0.05, 0) is 43.2 Å². The normalized spacial score (nSPS) is 10.8. The average Bonchev–Trinajstić information content (AvgIpc) is 2.88. The zero-order valence-electron chi connectivity index (χ0n) is 12.9. The molecule has 0 bridgehead atoms. The lowest BCUT2D eigenvalue weighted by atomic mass is 10.1. The fourth-order valence-electron chi connectivity index (χ4n) is 2.80. The van der Waals surface area contributed by atoms with Gasteiger partial charge < -0.3 is 4.74 Å². The van der Waals surface area contributed by atoms with Crippen molar-refractivity contribution in [2.24, 2.45) is 0 Å². The molecule has 0 unspecified atom stereocenters. The van der Waals surface area contributed by atoms with Crippen molar-refractivity contribution in [3.63, 3.8) is 0 Å². The summed E-state index contributed by atoms with van der Waals surface area (Å²) < 4.78 is 7.05. The van der Waals surface area contributed by atoms with Crippen LogP contribution in [0, 0.1) is 6.92 Å². The maximum Gasteiger partial charge on any atom is 0.231 e. The van der Waals surface area contributed by atoms with Gasteiger partial charge in [0.15, 0.2) is 0 Å². The number of aryl methyl sites for hydroxylation is 2. The molecule has 1 heterocycles. The van der Waals surface area contributed by atoms with Gasteiger partial charge in [-0.25, -0.2) is 0 Å². The van der Waals surface area contributed by atoms with Gasteiger partial charge in [-0.1, -0.05) is 30.3 Å². The number of rotatable bonds is 4. The third-order valence-electron chi connectivity index (χ3n) is 3.91. The zero-order chi connectivity index (χ0) is 15.5. The van der Waals surface area contributed by atoms with E-state index < -0.39 is 0 Å². The monoisotopic (exact) mass is 293 g/mol. The maximum atomic E-state index is 12.6. The molecule has 0 N–H and O–H groups in total. The van der Waals surface area contributed by atoms with Gasteiger partial charge in [0.1, 0.15) is 5.75 Å². The zero-order valence-corrected chi connectivity index (χ0v) is 12.9. The van der Waals surface area contributed by atoms with E-state index >= 15 is 0 Å². The fourth-order valence-corrected chi connectivity index (χ4v) is 2.80. The Morgan fingerprint density at radius 1 is 1.09 bits per heavy atom. The number of hydrogen-bond donors (Lipinski definition) is 0. The third kappa shape index (κ3) is 2.75. The summed E-state index contributed by atoms with van der Waals surface area (Å²) in [5, 5.41) is 1.03. The molecule has 22 heavy (non-hydrogen) atoms. The van der Waals surface area contributed by atoms with Gasteiger partial charge in [-0.2, -0.15) is 0 Å². The molecule has 0 amide bonds. The van der Waals surface area contributed by atoms with Crippen molar-refractivity contribution < 1.29 is 9.53 Å². The highest BCUT2D eigenvalue weighted by Crippen LogP contribution is 2.24. The molecule has 112 valence electrons. The van der Waals surface area contributed by atoms with Crippen molar-refractivity contribution in [2.45, 2.75) is 19.8 Å². The highest BCUT2D eigenvalue weighted by Gasteiger charge is 2.13. The Morgan fingerprint density at radius 3 is 2.59 bits per heavy atom. The first-order valence-corrected chi connectivity index (χ1v) is 7.42. The van der Waals surface area contributed by atoms with Crippen LogP contribution >= 0.6 is 0 Å². The van der Waals surface area contributed by atoms with Crippen molar-refractivity contribution in [2.75, 3.05) is 7.11 Å². The number of ether oxygens (including phenoxy) is 1. The van der Waals surface area contributed by atoms with Crippen molar-refractivity contribution in [3.8, 4) is 5.75 Å². The van der Waals surface area contributed by atoms with Crippen LogP contribution in [0.2, 0.25) is 0 Å². The number of fused-ring (bicyclic) bond motifs is 1. The van der Waals surface area contributed by atoms with E-state index in [1.165, 1.54) is 5.56 Å². The second-order valence-electron chi connectivity index (χ2n) is 5.43. The third-order valence-corrected chi connectivity index (χ3v) is 3.91. The molecule has 3 rings (SSSR count). The van der Waals surface area contributed by atoms with Crippen LogP contribution in [0.3, 0.4) is 0 Å². The van der Waals surface area contributed by atoms with Crippen LogP contribution in [0.15, 0.2) is 54.6 Å². The predicted molar refractivity (Wildman–Crippen MR) is 88.6 cm³/mol. The molecule has 0 radical (unpaired) electrons. The maximum absolute atomic E-state index is 12.6. The van der Waals surface area contributed by atoms with Crippen LogP contribution < -0.4 is 4.74 Å². The first-order valence-electron chi connectivity index (χ1n) is 7.42. The van der Waals surface area contributed by atoms with Gasteiger partial charge in [-0.15, -0.1) is 0 Å². The SMILES string of the molecule is COc1ccc2c(c1)cc(C)n2C(=O)CCc1ccccc1. The fraction of sp³-hybridized carbons (Fsp3) is 0.211. The van der Waals surface area contributed by atoms with Gasteiger partial charge in [0.25, 0.3) is 0 Å². The van der Waals surface area contributed by atoms with E-state index in [-0.39, 0.29) is 5.91 Å². The molecule has 0 aliphatic carbocycles. The van der Waals surface area contributed by atoms with E-state index in [4.69, 9.17) is 4.74 Å². The number of benzene rings is 2. The standard InChI is InChI=1S/C19H19NO2/c1-14-12-16-13-17(22-2)9-10-18(16)20(14)19(21)11-8-15-6-4-3-5-7-15/h3-7,9-10,12-13H,8,11H2,1-2H3. The minimum absolute atomic E-state index is 0.126. The van der Waals surface area contributed by atoms with Gasteiger partial charge >= 0.3 is 0 Å². The van der Waals surface area contributed by atoms with Crippen molar-refractivity contribution in [1.82, 2.24) is 4.57 Å². The predicted octanol–water partition coefficient (Wildman–Crippen LogP) is 4.23. The second kappa shape index (κ2) is 6.06. The second-order valence-corrected chi connectivity index (χ2v) is 5.43. The highest BCUT2D eigenvalue weighted by atomic mass is 16.5. The summed E-state index contributed by atoms with van der Waals surface area (Å²) in [7, 11) is 1.65. The molecule has 0 saturated heterocycles. The van der Waals surface area contributed by atoms with E-state index in [0.29, 0.717) is 6.42 Å². The molecule has 0 atom stereocenters. The lowest BCUT2D eigenvalue weighted by Gasteiger charge is -2.07. The molecular weight excluding hydrogens is 274 g/mol. The summed E-state index contributed by atoms with van der Waals surface area (Å²) in [6.45, 7) is 1.97. The summed E-state index contributed by atoms with van der Waals surface area (Å²) in [4.78, 5) is 12.6. The molecule has 0 fully saturated rings. The first-order chi connectivity index (χ1) is 10.7. The molecule has 0 aliphatic rings. The lowest BCUT2D eigenvalue weighted by molar-refractivity contribution is 0.0906. The van der Waals surface area contributed by atoms with Crippen molar-refractivity contribution >= 4 is 16.8 Å². The number of aromatic nitrogens is 1. The Hall–Kier alpha value is -2.55. The Kier molecular flexibility index (Phi) is 3.96. The van der Waals surface area contributed by atoms with E-state index in [0.717, 1.165) is 28.8 Å². The van der Waals surface area contributed by atoms with Gasteiger partial charge in [0.05, 0.1) is 12.6 Å². The topological polar surface area (TPSA) is 31.2 Å². The number of carbonyl (C=O) groups excluding carboxylic acids is 1. The highest BCUT2D eigenvalue weighted by molar-refractivity contribution is 5.94. The van der Waals surface area contributed by atoms with Gasteiger partial charge in [0.2, 0.25) is 5.91 Å². The van der Waals surface area contributed by atoms with Gasteiger partial charge in [-0.3, -0.25) is 9.36 Å². The smallest absolute Gasteiger partial charge is 0.231 e. The Morgan fingerprint density at radius 2 is 1.86 bits per heavy atom. The number of hydrogen-bond acceptors (Lipinski definition) is 2. The minimum Gasteiger partial charge on any atom is -0.497 e. The van der Waals surface area contributed by atoms with E-state index in [9.17, 15) is 4.79 Å². The molecule has 0 saturated carbocycles. The molecule has 2 aromatic carbocycles. The van der Waals surface area contributed by atoms with E-state index in [2.05, 4.69) is 12.1 Å². The summed E-state index contributed by atoms with van der Waals surface area (Å²) in [5.74, 6) is 0.933. The number of methoxy groups -OCH3 is 1. The number of nitrogens with zero attached hydrogens (tertiary/aromatic N) is 1. The molecule has 3 nitrogen and oxygen atoms in total. The summed E-state index contributed by atoms with van der Waals surface area (Å²) >= 11 is 0. The Bertz CT molecular complexity index is 803. The van der Waals surface area contributed by atoms with Crippen LogP contribution in [0.4, 0.5) is 0 Å². The molecular formula is C19H19NO2. The quantitative estimate of drug-likeness (QED) is 0.720. The summed E-state index contributed by atoms with van der Waals surface area (Å²) in [6, 6.07) is 17.9. The Balaban J connectivity index is 1.86. The van der Waals surface area contributed by atoms with Crippen LogP contribution in [-0.4, -0.2) is 17.6 Å². The summed E-state index contributed by atoms with van der Waals surface area (Å²) in [6.07, 6.45) is 1.26.